The molecule has 1 amide bonds. The number of piperidine rings is 1. The molecule has 1 aromatic heterocycles. The minimum absolute atomic E-state index is 0.0560. The number of rotatable bonds is 3. The summed E-state index contributed by atoms with van der Waals surface area (Å²) in [6, 6.07) is 8.35. The first-order chi connectivity index (χ1) is 11.6. The van der Waals surface area contributed by atoms with Crippen molar-refractivity contribution >= 4 is 5.91 Å². The highest BCUT2D eigenvalue weighted by atomic mass is 16.3. The maximum Gasteiger partial charge on any atom is 0.288 e. The van der Waals surface area contributed by atoms with Crippen LogP contribution in [-0.2, 0) is 6.42 Å². The Labute approximate surface area is 140 Å². The molecule has 24 heavy (non-hydrogen) atoms. The smallest absolute Gasteiger partial charge is 0.288 e. The van der Waals surface area contributed by atoms with E-state index in [1.807, 2.05) is 18.2 Å². The summed E-state index contributed by atoms with van der Waals surface area (Å²) in [5, 5.41) is 14.9. The number of aliphatic hydroxyl groups is 1. The van der Waals surface area contributed by atoms with Crippen LogP contribution in [0.25, 0.3) is 0 Å². The number of aromatic nitrogens is 3. The second-order valence-electron chi connectivity index (χ2n) is 6.62. The van der Waals surface area contributed by atoms with E-state index in [9.17, 15) is 9.90 Å². The van der Waals surface area contributed by atoms with Crippen molar-refractivity contribution in [2.75, 3.05) is 13.1 Å². The number of hydrogen-bond acceptors (Lipinski definition) is 5. The number of aliphatic hydroxyl groups excluding tert-OH is 1. The molecular formula is C17H21N5O2. The van der Waals surface area contributed by atoms with Gasteiger partial charge in [0.1, 0.15) is 6.33 Å². The zero-order valence-corrected chi connectivity index (χ0v) is 13.4. The van der Waals surface area contributed by atoms with Gasteiger partial charge in [-0.2, -0.15) is 0 Å². The second kappa shape index (κ2) is 5.99. The van der Waals surface area contributed by atoms with E-state index in [2.05, 4.69) is 21.0 Å². The van der Waals surface area contributed by atoms with Crippen LogP contribution in [0.5, 0.6) is 0 Å². The average molecular weight is 327 g/mol. The van der Waals surface area contributed by atoms with Crippen molar-refractivity contribution in [1.29, 1.82) is 0 Å². The monoisotopic (exact) mass is 327 g/mol. The van der Waals surface area contributed by atoms with E-state index in [1.54, 1.807) is 11.0 Å². The fourth-order valence-electron chi connectivity index (χ4n) is 3.95. The van der Waals surface area contributed by atoms with Gasteiger partial charge in [-0.15, -0.1) is 5.10 Å². The maximum atomic E-state index is 11.2. The lowest BCUT2D eigenvalue weighted by atomic mass is 10.0. The number of primary amides is 1. The first-order valence-electron chi connectivity index (χ1n) is 8.34. The summed E-state index contributed by atoms with van der Waals surface area (Å²) in [6.45, 7) is 1.75. The first kappa shape index (κ1) is 15.3. The van der Waals surface area contributed by atoms with Crippen molar-refractivity contribution in [1.82, 2.24) is 19.7 Å². The Morgan fingerprint density at radius 3 is 2.92 bits per heavy atom. The minimum Gasteiger partial charge on any atom is -0.387 e. The standard InChI is InChI=1S/C17H21N5O2/c18-16(24)17-19-10-22(20-17)12-5-3-7-21(9-12)14-8-11-4-1-2-6-13(11)15(14)23/h1-2,4,6,10,12,14-15,23H,3,5,7-9H2,(H2,18,24). The lowest BCUT2D eigenvalue weighted by Crippen LogP contribution is -2.45. The molecule has 1 aliphatic heterocycles. The molecule has 3 N–H and O–H groups in total. The Balaban J connectivity index is 1.50. The van der Waals surface area contributed by atoms with Crippen LogP contribution in [-0.4, -0.2) is 49.8 Å². The van der Waals surface area contributed by atoms with Crippen LogP contribution in [0.15, 0.2) is 30.6 Å². The lowest BCUT2D eigenvalue weighted by molar-refractivity contribution is 0.0345. The Hall–Kier alpha value is -2.25. The molecule has 1 fully saturated rings. The van der Waals surface area contributed by atoms with E-state index < -0.39 is 12.0 Å². The Kier molecular flexibility index (Phi) is 3.82. The van der Waals surface area contributed by atoms with Gasteiger partial charge in [0.15, 0.2) is 0 Å². The van der Waals surface area contributed by atoms with E-state index in [0.717, 1.165) is 37.9 Å². The largest absolute Gasteiger partial charge is 0.387 e. The number of benzene rings is 1. The summed E-state index contributed by atoms with van der Waals surface area (Å²) in [7, 11) is 0. The molecule has 0 spiro atoms. The van der Waals surface area contributed by atoms with Crippen LogP contribution in [0, 0.1) is 0 Å². The van der Waals surface area contributed by atoms with Gasteiger partial charge in [0.05, 0.1) is 12.1 Å². The van der Waals surface area contributed by atoms with Crippen molar-refractivity contribution in [3.63, 3.8) is 0 Å². The topological polar surface area (TPSA) is 97.3 Å². The van der Waals surface area contributed by atoms with Crippen LogP contribution in [0.4, 0.5) is 0 Å². The Morgan fingerprint density at radius 2 is 2.17 bits per heavy atom. The van der Waals surface area contributed by atoms with Gasteiger partial charge in [0.2, 0.25) is 5.82 Å². The third kappa shape index (κ3) is 2.59. The van der Waals surface area contributed by atoms with Crippen molar-refractivity contribution in [3.05, 3.63) is 47.5 Å². The van der Waals surface area contributed by atoms with E-state index >= 15 is 0 Å². The molecule has 3 unspecified atom stereocenters. The molecule has 2 aliphatic rings. The summed E-state index contributed by atoms with van der Waals surface area (Å²) in [4.78, 5) is 17.5. The van der Waals surface area contributed by atoms with Gasteiger partial charge >= 0.3 is 0 Å². The number of nitrogens with zero attached hydrogens (tertiary/aromatic N) is 4. The van der Waals surface area contributed by atoms with Gasteiger partial charge < -0.3 is 10.8 Å². The zero-order chi connectivity index (χ0) is 16.7. The number of hydrogen-bond donors (Lipinski definition) is 2. The fourth-order valence-corrected chi connectivity index (χ4v) is 3.95. The van der Waals surface area contributed by atoms with Gasteiger partial charge in [0.25, 0.3) is 5.91 Å². The van der Waals surface area contributed by atoms with Gasteiger partial charge in [-0.05, 0) is 36.9 Å². The number of likely N-dealkylation sites (tertiary alicyclic amines) is 1. The van der Waals surface area contributed by atoms with Crippen LogP contribution in [0.3, 0.4) is 0 Å². The van der Waals surface area contributed by atoms with Crippen molar-refractivity contribution in [3.8, 4) is 0 Å². The Bertz CT molecular complexity index is 759. The van der Waals surface area contributed by atoms with Crippen molar-refractivity contribution in [2.24, 2.45) is 5.73 Å². The fraction of sp³-hybridized carbons (Fsp3) is 0.471. The number of carbonyl (C=O) groups is 1. The molecule has 0 bridgehead atoms. The minimum atomic E-state index is -0.608. The highest BCUT2D eigenvalue weighted by Gasteiger charge is 2.37. The number of nitrogens with two attached hydrogens (primary N) is 1. The van der Waals surface area contributed by atoms with Crippen LogP contribution in [0.1, 0.15) is 46.7 Å². The van der Waals surface area contributed by atoms with Crippen LogP contribution in [0.2, 0.25) is 0 Å². The third-order valence-electron chi connectivity index (χ3n) is 5.17. The van der Waals surface area contributed by atoms with Crippen molar-refractivity contribution < 1.29 is 9.90 Å². The SMILES string of the molecule is NC(=O)c1ncn(C2CCCN(C3Cc4ccccc4C3O)C2)n1. The molecule has 3 atom stereocenters. The first-order valence-corrected chi connectivity index (χ1v) is 8.34. The summed E-state index contributed by atoms with van der Waals surface area (Å²) in [5.74, 6) is -0.552. The summed E-state index contributed by atoms with van der Waals surface area (Å²) >= 11 is 0. The summed E-state index contributed by atoms with van der Waals surface area (Å²) in [5.41, 5.74) is 7.50. The van der Waals surface area contributed by atoms with Crippen LogP contribution < -0.4 is 5.73 Å². The molecule has 0 radical (unpaired) electrons. The molecule has 1 saturated heterocycles. The van der Waals surface area contributed by atoms with Crippen molar-refractivity contribution in [2.45, 2.75) is 37.5 Å². The van der Waals surface area contributed by atoms with Gasteiger partial charge in [0, 0.05) is 12.6 Å². The van der Waals surface area contributed by atoms with Crippen LogP contribution >= 0.6 is 0 Å². The molecule has 1 aliphatic carbocycles. The number of carbonyl (C=O) groups excluding carboxylic acids is 1. The van der Waals surface area contributed by atoms with Gasteiger partial charge in [-0.3, -0.25) is 9.69 Å². The predicted molar refractivity (Wildman–Crippen MR) is 87.3 cm³/mol. The van der Waals surface area contributed by atoms with E-state index in [1.165, 1.54) is 5.56 Å². The molecule has 0 saturated carbocycles. The maximum absolute atomic E-state index is 11.2. The summed E-state index contributed by atoms with van der Waals surface area (Å²) < 4.78 is 1.74. The highest BCUT2D eigenvalue weighted by Crippen LogP contribution is 2.36. The predicted octanol–water partition coefficient (Wildman–Crippen LogP) is 0.672. The number of fused-ring (bicyclic) bond motifs is 1. The Morgan fingerprint density at radius 1 is 1.33 bits per heavy atom. The molecule has 7 heteroatoms. The van der Waals surface area contributed by atoms with E-state index in [0.29, 0.717) is 0 Å². The summed E-state index contributed by atoms with van der Waals surface area (Å²) in [6.07, 6.45) is 4.00. The lowest BCUT2D eigenvalue weighted by Gasteiger charge is -2.37. The molecule has 1 aromatic carbocycles. The average Bonchev–Trinajstić information content (AvgIpc) is 3.21. The normalized spacial score (nSPS) is 27.1. The van der Waals surface area contributed by atoms with Gasteiger partial charge in [-0.1, -0.05) is 24.3 Å². The molecule has 7 nitrogen and oxygen atoms in total. The van der Waals surface area contributed by atoms with E-state index in [-0.39, 0.29) is 17.9 Å². The van der Waals surface area contributed by atoms with E-state index in [4.69, 9.17) is 5.73 Å². The molecule has 4 rings (SSSR count). The second-order valence-corrected chi connectivity index (χ2v) is 6.62. The molecule has 126 valence electrons. The zero-order valence-electron chi connectivity index (χ0n) is 13.4. The molecular weight excluding hydrogens is 306 g/mol. The highest BCUT2D eigenvalue weighted by molar-refractivity contribution is 5.88. The quantitative estimate of drug-likeness (QED) is 0.864. The van der Waals surface area contributed by atoms with Gasteiger partial charge in [-0.25, -0.2) is 9.67 Å². The molecule has 2 aromatic rings. The molecule has 2 heterocycles. The third-order valence-corrected chi connectivity index (χ3v) is 5.17. The number of amides is 1.